The third kappa shape index (κ3) is 5.49. The minimum atomic E-state index is -0.613. The molecule has 0 spiro atoms. The van der Waals surface area contributed by atoms with E-state index < -0.39 is 6.04 Å². The Morgan fingerprint density at radius 1 is 1.48 bits per heavy atom. The number of amides is 1. The Hall–Kier alpha value is -1.37. The van der Waals surface area contributed by atoms with E-state index in [0.717, 1.165) is 18.4 Å². The predicted molar refractivity (Wildman–Crippen MR) is 89.2 cm³/mol. The summed E-state index contributed by atoms with van der Waals surface area (Å²) in [5, 5.41) is 12.7. The molecule has 116 valence electrons. The molecule has 0 radical (unpaired) electrons. The van der Waals surface area contributed by atoms with Crippen molar-refractivity contribution in [3.8, 4) is 5.75 Å². The Bertz CT molecular complexity index is 506. The van der Waals surface area contributed by atoms with E-state index in [0.29, 0.717) is 29.5 Å². The molecule has 0 aliphatic carbocycles. The fraction of sp³-hybridized carbons (Fsp3) is 0.400. The number of carbonyl (C=O) groups excluding carboxylic acids is 1. The van der Waals surface area contributed by atoms with Crippen molar-refractivity contribution < 1.29 is 9.90 Å². The first-order valence-corrected chi connectivity index (χ1v) is 7.67. The molecule has 1 aromatic carbocycles. The van der Waals surface area contributed by atoms with Gasteiger partial charge in [-0.3, -0.25) is 4.79 Å². The number of anilines is 1. The Morgan fingerprint density at radius 3 is 2.81 bits per heavy atom. The molecule has 1 aromatic rings. The summed E-state index contributed by atoms with van der Waals surface area (Å²) < 4.78 is 0.522. The van der Waals surface area contributed by atoms with Crippen LogP contribution in [0.5, 0.6) is 5.75 Å². The molecule has 21 heavy (non-hydrogen) atoms. The first-order chi connectivity index (χ1) is 9.99. The van der Waals surface area contributed by atoms with Crippen LogP contribution in [0.15, 0.2) is 29.3 Å². The number of carbonyl (C=O) groups is 1. The van der Waals surface area contributed by atoms with Crippen molar-refractivity contribution in [1.29, 1.82) is 0 Å². The van der Waals surface area contributed by atoms with Crippen molar-refractivity contribution in [2.45, 2.75) is 31.7 Å². The van der Waals surface area contributed by atoms with Crippen LogP contribution in [-0.4, -0.2) is 23.6 Å². The fourth-order valence-corrected chi connectivity index (χ4v) is 2.41. The van der Waals surface area contributed by atoms with Gasteiger partial charge in [0.2, 0.25) is 5.91 Å². The first kappa shape index (κ1) is 17.7. The summed E-state index contributed by atoms with van der Waals surface area (Å²) in [6.45, 7) is 4.26. The third-order valence-corrected chi connectivity index (χ3v) is 3.67. The maximum absolute atomic E-state index is 12.0. The average molecular weight is 356 g/mol. The Morgan fingerprint density at radius 2 is 2.19 bits per heavy atom. The SMILES string of the molecule is C=CCc1cc(Br)c(O)c(NC(=O)[C@@H](N)CCCCN)c1. The molecule has 5 nitrogen and oxygen atoms in total. The summed E-state index contributed by atoms with van der Waals surface area (Å²) in [7, 11) is 0. The van der Waals surface area contributed by atoms with E-state index in [-0.39, 0.29) is 11.7 Å². The van der Waals surface area contributed by atoms with Gasteiger partial charge in [-0.25, -0.2) is 0 Å². The molecule has 6 heteroatoms. The van der Waals surface area contributed by atoms with E-state index in [9.17, 15) is 9.90 Å². The number of benzene rings is 1. The first-order valence-electron chi connectivity index (χ1n) is 6.88. The molecule has 0 saturated heterocycles. The van der Waals surface area contributed by atoms with Crippen LogP contribution in [0.25, 0.3) is 0 Å². The van der Waals surface area contributed by atoms with Crippen LogP contribution in [0.4, 0.5) is 5.69 Å². The number of phenolic OH excluding ortho intramolecular Hbond substituents is 1. The summed E-state index contributed by atoms with van der Waals surface area (Å²) in [5.41, 5.74) is 12.5. The third-order valence-electron chi connectivity index (χ3n) is 3.07. The van der Waals surface area contributed by atoms with Crippen LogP contribution in [-0.2, 0) is 11.2 Å². The van der Waals surface area contributed by atoms with E-state index in [2.05, 4.69) is 27.8 Å². The number of hydrogen-bond donors (Lipinski definition) is 4. The quantitative estimate of drug-likeness (QED) is 0.326. The smallest absolute Gasteiger partial charge is 0.241 e. The molecule has 0 aliphatic rings. The van der Waals surface area contributed by atoms with E-state index in [1.807, 2.05) is 0 Å². The molecule has 1 atom stereocenters. The van der Waals surface area contributed by atoms with E-state index in [4.69, 9.17) is 11.5 Å². The lowest BCUT2D eigenvalue weighted by Crippen LogP contribution is -2.35. The van der Waals surface area contributed by atoms with Crippen LogP contribution in [0, 0.1) is 0 Å². The lowest BCUT2D eigenvalue weighted by Gasteiger charge is -2.14. The molecular formula is C15H22BrN3O2. The molecule has 0 unspecified atom stereocenters. The highest BCUT2D eigenvalue weighted by Crippen LogP contribution is 2.34. The number of hydrogen-bond acceptors (Lipinski definition) is 4. The zero-order valence-electron chi connectivity index (χ0n) is 11.9. The van der Waals surface area contributed by atoms with Gasteiger partial charge < -0.3 is 21.9 Å². The summed E-state index contributed by atoms with van der Waals surface area (Å²) in [6, 6.07) is 2.89. The highest BCUT2D eigenvalue weighted by molar-refractivity contribution is 9.10. The van der Waals surface area contributed by atoms with Crippen molar-refractivity contribution in [2.75, 3.05) is 11.9 Å². The second-order valence-corrected chi connectivity index (χ2v) is 5.70. The minimum absolute atomic E-state index is 0.00896. The van der Waals surface area contributed by atoms with Gasteiger partial charge in [-0.1, -0.05) is 12.5 Å². The number of allylic oxidation sites excluding steroid dienone is 1. The number of unbranched alkanes of at least 4 members (excludes halogenated alkanes) is 1. The fourth-order valence-electron chi connectivity index (χ4n) is 1.90. The van der Waals surface area contributed by atoms with Gasteiger partial charge in [-0.2, -0.15) is 0 Å². The maximum atomic E-state index is 12.0. The van der Waals surface area contributed by atoms with Gasteiger partial charge in [-0.15, -0.1) is 6.58 Å². The molecule has 0 heterocycles. The number of rotatable bonds is 8. The zero-order valence-corrected chi connectivity index (χ0v) is 13.5. The Labute approximate surface area is 133 Å². The van der Waals surface area contributed by atoms with Gasteiger partial charge in [-0.05, 0) is 59.4 Å². The van der Waals surface area contributed by atoms with Crippen LogP contribution in [0.3, 0.4) is 0 Å². The lowest BCUT2D eigenvalue weighted by atomic mass is 10.1. The van der Waals surface area contributed by atoms with Gasteiger partial charge in [0.25, 0.3) is 0 Å². The minimum Gasteiger partial charge on any atom is -0.505 e. The summed E-state index contributed by atoms with van der Waals surface area (Å²) >= 11 is 3.26. The number of nitrogens with one attached hydrogen (secondary N) is 1. The number of phenols is 1. The number of halogens is 1. The van der Waals surface area contributed by atoms with Crippen LogP contribution >= 0.6 is 15.9 Å². The molecular weight excluding hydrogens is 334 g/mol. The highest BCUT2D eigenvalue weighted by atomic mass is 79.9. The van der Waals surface area contributed by atoms with Gasteiger partial charge in [0.05, 0.1) is 16.2 Å². The van der Waals surface area contributed by atoms with Gasteiger partial charge in [0, 0.05) is 0 Å². The van der Waals surface area contributed by atoms with Crippen molar-refractivity contribution in [3.63, 3.8) is 0 Å². The average Bonchev–Trinajstić information content (AvgIpc) is 2.44. The maximum Gasteiger partial charge on any atom is 0.241 e. The van der Waals surface area contributed by atoms with Crippen LogP contribution in [0.1, 0.15) is 24.8 Å². The van der Waals surface area contributed by atoms with Gasteiger partial charge in [0.1, 0.15) is 0 Å². The molecule has 0 fully saturated rings. The molecule has 0 saturated carbocycles. The monoisotopic (exact) mass is 355 g/mol. The van der Waals surface area contributed by atoms with Crippen LogP contribution < -0.4 is 16.8 Å². The van der Waals surface area contributed by atoms with Crippen molar-refractivity contribution >= 4 is 27.5 Å². The second-order valence-electron chi connectivity index (χ2n) is 4.85. The normalized spacial score (nSPS) is 12.0. The van der Waals surface area contributed by atoms with Gasteiger partial charge in [0.15, 0.2) is 5.75 Å². The Kier molecular flexibility index (Phi) is 7.42. The van der Waals surface area contributed by atoms with Gasteiger partial charge >= 0.3 is 0 Å². The number of aromatic hydroxyl groups is 1. The molecule has 0 aromatic heterocycles. The molecule has 6 N–H and O–H groups in total. The summed E-state index contributed by atoms with van der Waals surface area (Å²) in [6.07, 6.45) is 4.61. The molecule has 1 amide bonds. The van der Waals surface area contributed by atoms with Crippen molar-refractivity contribution in [2.24, 2.45) is 11.5 Å². The van der Waals surface area contributed by atoms with E-state index in [1.54, 1.807) is 18.2 Å². The molecule has 0 aliphatic heterocycles. The van der Waals surface area contributed by atoms with Crippen molar-refractivity contribution in [1.82, 2.24) is 0 Å². The predicted octanol–water partition coefficient (Wildman–Crippen LogP) is 2.28. The number of nitrogens with two attached hydrogens (primary N) is 2. The van der Waals surface area contributed by atoms with E-state index in [1.165, 1.54) is 0 Å². The second kappa shape index (κ2) is 8.81. The Balaban J connectivity index is 2.76. The zero-order chi connectivity index (χ0) is 15.8. The highest BCUT2D eigenvalue weighted by Gasteiger charge is 2.16. The van der Waals surface area contributed by atoms with E-state index >= 15 is 0 Å². The summed E-state index contributed by atoms with van der Waals surface area (Å²) in [4.78, 5) is 12.0. The molecule has 0 bridgehead atoms. The largest absolute Gasteiger partial charge is 0.505 e. The van der Waals surface area contributed by atoms with Crippen molar-refractivity contribution in [3.05, 3.63) is 34.8 Å². The lowest BCUT2D eigenvalue weighted by molar-refractivity contribution is -0.117. The standard InChI is InChI=1S/C15H22BrN3O2/c1-2-5-10-8-11(16)14(20)13(9-10)19-15(21)12(18)6-3-4-7-17/h2,8-9,12,20H,1,3-7,17-18H2,(H,19,21)/t12-/m0/s1. The topological polar surface area (TPSA) is 101 Å². The summed E-state index contributed by atoms with van der Waals surface area (Å²) in [5.74, 6) is -0.324. The van der Waals surface area contributed by atoms with Crippen LogP contribution in [0.2, 0.25) is 0 Å². The molecule has 1 rings (SSSR count).